The monoisotopic (exact) mass is 328 g/mol. The van der Waals surface area contributed by atoms with Crippen molar-refractivity contribution in [1.82, 2.24) is 0 Å². The van der Waals surface area contributed by atoms with Gasteiger partial charge in [0.2, 0.25) is 0 Å². The first-order valence-electron chi connectivity index (χ1n) is 9.38. The van der Waals surface area contributed by atoms with Crippen molar-refractivity contribution in [3.05, 3.63) is 0 Å². The quantitative estimate of drug-likeness (QED) is 0.426. The molecule has 4 nitrogen and oxygen atoms in total. The van der Waals surface area contributed by atoms with Gasteiger partial charge in [0.1, 0.15) is 0 Å². The SMILES string of the molecule is CCCCC(CC)COC(=O)CCCC(=O)OCC(CC)CC. The molecular formula is C19H36O4. The number of unbranched alkanes of at least 4 members (excludes halogenated alkanes) is 1. The Morgan fingerprint density at radius 2 is 1.22 bits per heavy atom. The standard InChI is InChI=1S/C19H36O4/c1-5-9-11-17(8-4)15-23-19(21)13-10-12-18(20)22-14-16(6-2)7-3/h16-17H,5-15H2,1-4H3. The molecule has 0 amide bonds. The van der Waals surface area contributed by atoms with E-state index >= 15 is 0 Å². The smallest absolute Gasteiger partial charge is 0.305 e. The van der Waals surface area contributed by atoms with Crippen molar-refractivity contribution >= 4 is 11.9 Å². The van der Waals surface area contributed by atoms with Crippen molar-refractivity contribution in [2.75, 3.05) is 13.2 Å². The summed E-state index contributed by atoms with van der Waals surface area (Å²) in [6.07, 6.45) is 7.64. The van der Waals surface area contributed by atoms with E-state index < -0.39 is 0 Å². The van der Waals surface area contributed by atoms with Gasteiger partial charge >= 0.3 is 11.9 Å². The van der Waals surface area contributed by atoms with Gasteiger partial charge in [-0.2, -0.15) is 0 Å². The van der Waals surface area contributed by atoms with Crippen LogP contribution in [0.15, 0.2) is 0 Å². The lowest BCUT2D eigenvalue weighted by Gasteiger charge is -2.14. The van der Waals surface area contributed by atoms with E-state index in [-0.39, 0.29) is 11.9 Å². The topological polar surface area (TPSA) is 52.6 Å². The molecule has 0 aliphatic carbocycles. The molecule has 0 fully saturated rings. The molecule has 0 radical (unpaired) electrons. The molecule has 0 aliphatic rings. The van der Waals surface area contributed by atoms with Gasteiger partial charge in [-0.1, -0.05) is 59.8 Å². The Morgan fingerprint density at radius 1 is 0.739 bits per heavy atom. The van der Waals surface area contributed by atoms with Gasteiger partial charge < -0.3 is 9.47 Å². The Balaban J connectivity index is 3.74. The van der Waals surface area contributed by atoms with Gasteiger partial charge in [-0.05, 0) is 24.7 Å². The number of carbonyl (C=O) groups is 2. The fourth-order valence-electron chi connectivity index (χ4n) is 2.37. The minimum atomic E-state index is -0.209. The molecular weight excluding hydrogens is 292 g/mol. The van der Waals surface area contributed by atoms with Crippen LogP contribution >= 0.6 is 0 Å². The second-order valence-corrected chi connectivity index (χ2v) is 6.32. The van der Waals surface area contributed by atoms with Gasteiger partial charge in [0, 0.05) is 12.8 Å². The van der Waals surface area contributed by atoms with Crippen LogP contribution in [0.4, 0.5) is 0 Å². The van der Waals surface area contributed by atoms with Crippen LogP contribution in [-0.2, 0) is 19.1 Å². The Labute approximate surface area is 142 Å². The van der Waals surface area contributed by atoms with E-state index in [0.29, 0.717) is 44.3 Å². The van der Waals surface area contributed by atoms with Crippen molar-refractivity contribution in [1.29, 1.82) is 0 Å². The summed E-state index contributed by atoms with van der Waals surface area (Å²) in [5, 5.41) is 0. The minimum absolute atomic E-state index is 0.201. The highest BCUT2D eigenvalue weighted by molar-refractivity contribution is 5.72. The van der Waals surface area contributed by atoms with E-state index in [4.69, 9.17) is 9.47 Å². The molecule has 1 atom stereocenters. The van der Waals surface area contributed by atoms with Crippen LogP contribution in [0, 0.1) is 11.8 Å². The van der Waals surface area contributed by atoms with E-state index in [1.54, 1.807) is 0 Å². The first-order chi connectivity index (χ1) is 11.1. The van der Waals surface area contributed by atoms with Crippen LogP contribution in [-0.4, -0.2) is 25.2 Å². The van der Waals surface area contributed by atoms with Crippen molar-refractivity contribution in [2.45, 2.75) is 85.5 Å². The summed E-state index contributed by atoms with van der Waals surface area (Å²) in [5.41, 5.74) is 0. The van der Waals surface area contributed by atoms with Crippen molar-refractivity contribution in [2.24, 2.45) is 11.8 Å². The average Bonchev–Trinajstić information content (AvgIpc) is 2.56. The molecule has 0 aromatic carbocycles. The lowest BCUT2D eigenvalue weighted by Crippen LogP contribution is -2.15. The van der Waals surface area contributed by atoms with E-state index in [9.17, 15) is 9.59 Å². The van der Waals surface area contributed by atoms with Gasteiger partial charge in [0.15, 0.2) is 0 Å². The Hall–Kier alpha value is -1.06. The molecule has 0 spiro atoms. The molecule has 0 saturated heterocycles. The maximum absolute atomic E-state index is 11.7. The molecule has 0 bridgehead atoms. The molecule has 0 aromatic rings. The summed E-state index contributed by atoms with van der Waals surface area (Å²) in [6.45, 7) is 9.50. The van der Waals surface area contributed by atoms with E-state index in [2.05, 4.69) is 27.7 Å². The number of carbonyl (C=O) groups excluding carboxylic acids is 2. The zero-order chi connectivity index (χ0) is 17.5. The highest BCUT2D eigenvalue weighted by Crippen LogP contribution is 2.13. The number of hydrogen-bond donors (Lipinski definition) is 0. The van der Waals surface area contributed by atoms with Crippen LogP contribution in [0.5, 0.6) is 0 Å². The van der Waals surface area contributed by atoms with Gasteiger partial charge in [0.05, 0.1) is 13.2 Å². The van der Waals surface area contributed by atoms with Gasteiger partial charge in [-0.25, -0.2) is 0 Å². The molecule has 0 N–H and O–H groups in total. The number of rotatable bonds is 14. The molecule has 0 rings (SSSR count). The zero-order valence-electron chi connectivity index (χ0n) is 15.6. The second kappa shape index (κ2) is 14.5. The summed E-state index contributed by atoms with van der Waals surface area (Å²) < 4.78 is 10.6. The minimum Gasteiger partial charge on any atom is -0.465 e. The van der Waals surface area contributed by atoms with E-state index in [1.165, 1.54) is 12.8 Å². The van der Waals surface area contributed by atoms with E-state index in [1.807, 2.05) is 0 Å². The first-order valence-corrected chi connectivity index (χ1v) is 9.38. The molecule has 0 heterocycles. The van der Waals surface area contributed by atoms with Crippen LogP contribution in [0.25, 0.3) is 0 Å². The molecule has 1 unspecified atom stereocenters. The fourth-order valence-corrected chi connectivity index (χ4v) is 2.37. The molecule has 0 aliphatic heterocycles. The third-order valence-corrected chi connectivity index (χ3v) is 4.42. The Bertz CT molecular complexity index is 310. The zero-order valence-corrected chi connectivity index (χ0v) is 15.6. The molecule has 23 heavy (non-hydrogen) atoms. The van der Waals surface area contributed by atoms with Gasteiger partial charge in [-0.15, -0.1) is 0 Å². The lowest BCUT2D eigenvalue weighted by atomic mass is 10.0. The van der Waals surface area contributed by atoms with E-state index in [0.717, 1.165) is 25.7 Å². The van der Waals surface area contributed by atoms with Gasteiger partial charge in [-0.3, -0.25) is 9.59 Å². The highest BCUT2D eigenvalue weighted by atomic mass is 16.5. The Kier molecular flexibility index (Phi) is 13.9. The Morgan fingerprint density at radius 3 is 1.65 bits per heavy atom. The lowest BCUT2D eigenvalue weighted by molar-refractivity contribution is -0.147. The molecule has 4 heteroatoms. The van der Waals surface area contributed by atoms with Crippen molar-refractivity contribution in [3.63, 3.8) is 0 Å². The third-order valence-electron chi connectivity index (χ3n) is 4.42. The molecule has 0 saturated carbocycles. The normalized spacial score (nSPS) is 12.2. The van der Waals surface area contributed by atoms with Crippen molar-refractivity contribution in [3.8, 4) is 0 Å². The number of esters is 2. The largest absolute Gasteiger partial charge is 0.465 e. The predicted octanol–water partition coefficient (Wildman–Crippen LogP) is 4.90. The van der Waals surface area contributed by atoms with Crippen LogP contribution < -0.4 is 0 Å². The summed E-state index contributed by atoms with van der Waals surface area (Å²) in [7, 11) is 0. The third kappa shape index (κ3) is 12.1. The summed E-state index contributed by atoms with van der Waals surface area (Å²) in [6, 6.07) is 0. The highest BCUT2D eigenvalue weighted by Gasteiger charge is 2.12. The first kappa shape index (κ1) is 21.9. The molecule has 136 valence electrons. The van der Waals surface area contributed by atoms with Crippen LogP contribution in [0.3, 0.4) is 0 Å². The summed E-state index contributed by atoms with van der Waals surface area (Å²) >= 11 is 0. The van der Waals surface area contributed by atoms with Crippen molar-refractivity contribution < 1.29 is 19.1 Å². The number of ether oxygens (including phenoxy) is 2. The fraction of sp³-hybridized carbons (Fsp3) is 0.895. The number of hydrogen-bond acceptors (Lipinski definition) is 4. The maximum Gasteiger partial charge on any atom is 0.305 e. The van der Waals surface area contributed by atoms with Crippen LogP contribution in [0.2, 0.25) is 0 Å². The summed E-state index contributed by atoms with van der Waals surface area (Å²) in [4.78, 5) is 23.3. The second-order valence-electron chi connectivity index (χ2n) is 6.32. The predicted molar refractivity (Wildman–Crippen MR) is 93.1 cm³/mol. The maximum atomic E-state index is 11.7. The van der Waals surface area contributed by atoms with Crippen LogP contribution in [0.1, 0.15) is 85.5 Å². The summed E-state index contributed by atoms with van der Waals surface area (Å²) in [5.74, 6) is 0.494. The van der Waals surface area contributed by atoms with Gasteiger partial charge in [0.25, 0.3) is 0 Å². The molecule has 0 aromatic heterocycles. The average molecular weight is 328 g/mol.